The fourth-order valence-corrected chi connectivity index (χ4v) is 2.55. The molecule has 1 unspecified atom stereocenters. The highest BCUT2D eigenvalue weighted by atomic mass is 16.2. The van der Waals surface area contributed by atoms with Gasteiger partial charge in [0.05, 0.1) is 0 Å². The third kappa shape index (κ3) is 5.90. The molecule has 0 aliphatic carbocycles. The van der Waals surface area contributed by atoms with Crippen LogP contribution >= 0.6 is 0 Å². The fraction of sp³-hybridized carbons (Fsp3) is 0.867. The third-order valence-corrected chi connectivity index (χ3v) is 3.63. The lowest BCUT2D eigenvalue weighted by atomic mass is 10.1. The van der Waals surface area contributed by atoms with E-state index < -0.39 is 0 Å². The van der Waals surface area contributed by atoms with Crippen molar-refractivity contribution in [3.8, 4) is 0 Å². The van der Waals surface area contributed by atoms with E-state index in [9.17, 15) is 9.59 Å². The van der Waals surface area contributed by atoms with Gasteiger partial charge in [-0.3, -0.25) is 9.59 Å². The van der Waals surface area contributed by atoms with Gasteiger partial charge < -0.3 is 15.5 Å². The zero-order chi connectivity index (χ0) is 14.8. The molecule has 5 heteroatoms. The van der Waals surface area contributed by atoms with E-state index in [-0.39, 0.29) is 11.8 Å². The van der Waals surface area contributed by atoms with Crippen molar-refractivity contribution in [3.05, 3.63) is 0 Å². The molecule has 116 valence electrons. The number of carbonyl (C=O) groups is 2. The predicted molar refractivity (Wildman–Crippen MR) is 80.4 cm³/mol. The zero-order valence-electron chi connectivity index (χ0n) is 12.9. The second-order valence-corrected chi connectivity index (χ2v) is 5.44. The number of nitrogens with one attached hydrogen (secondary N) is 2. The van der Waals surface area contributed by atoms with Crippen LogP contribution in [-0.2, 0) is 9.59 Å². The molecule has 1 rings (SSSR count). The smallest absolute Gasteiger partial charge is 0.222 e. The van der Waals surface area contributed by atoms with E-state index in [2.05, 4.69) is 17.6 Å². The Morgan fingerprint density at radius 3 is 2.65 bits per heavy atom. The summed E-state index contributed by atoms with van der Waals surface area (Å²) >= 11 is 0. The highest BCUT2D eigenvalue weighted by Crippen LogP contribution is 2.12. The Kier molecular flexibility index (Phi) is 8.26. The zero-order valence-corrected chi connectivity index (χ0v) is 12.9. The van der Waals surface area contributed by atoms with E-state index in [0.717, 1.165) is 45.4 Å². The van der Waals surface area contributed by atoms with Crippen molar-refractivity contribution in [2.24, 2.45) is 0 Å². The average molecular weight is 283 g/mol. The van der Waals surface area contributed by atoms with Crippen molar-refractivity contribution in [2.45, 2.75) is 58.4 Å². The van der Waals surface area contributed by atoms with Crippen molar-refractivity contribution in [3.63, 3.8) is 0 Å². The first-order valence-corrected chi connectivity index (χ1v) is 7.95. The van der Waals surface area contributed by atoms with Gasteiger partial charge in [0.2, 0.25) is 11.8 Å². The normalized spacial score (nSPS) is 18.0. The van der Waals surface area contributed by atoms with Gasteiger partial charge in [-0.05, 0) is 32.2 Å². The summed E-state index contributed by atoms with van der Waals surface area (Å²) in [7, 11) is 0. The maximum absolute atomic E-state index is 12.3. The fourth-order valence-electron chi connectivity index (χ4n) is 2.55. The summed E-state index contributed by atoms with van der Waals surface area (Å²) in [6, 6.07) is 0.344. The van der Waals surface area contributed by atoms with Crippen LogP contribution in [0.25, 0.3) is 0 Å². The molecule has 1 aliphatic rings. The lowest BCUT2D eigenvalue weighted by Crippen LogP contribution is -2.42. The lowest BCUT2D eigenvalue weighted by molar-refractivity contribution is -0.133. The lowest BCUT2D eigenvalue weighted by Gasteiger charge is -2.28. The Balaban J connectivity index is 2.29. The molecular formula is C15H29N3O2. The highest BCUT2D eigenvalue weighted by Gasteiger charge is 2.25. The van der Waals surface area contributed by atoms with Gasteiger partial charge in [0.25, 0.3) is 0 Å². The van der Waals surface area contributed by atoms with Gasteiger partial charge in [0.1, 0.15) is 0 Å². The molecule has 0 saturated carbocycles. The van der Waals surface area contributed by atoms with Crippen LogP contribution in [0.3, 0.4) is 0 Å². The number of carbonyl (C=O) groups excluding carboxylic acids is 2. The van der Waals surface area contributed by atoms with Crippen molar-refractivity contribution >= 4 is 11.8 Å². The monoisotopic (exact) mass is 283 g/mol. The molecule has 0 spiro atoms. The van der Waals surface area contributed by atoms with Gasteiger partial charge in [-0.15, -0.1) is 0 Å². The van der Waals surface area contributed by atoms with Crippen LogP contribution in [-0.4, -0.2) is 48.9 Å². The second-order valence-electron chi connectivity index (χ2n) is 5.44. The number of hydrogen-bond donors (Lipinski definition) is 2. The Morgan fingerprint density at radius 2 is 2.05 bits per heavy atom. The molecule has 0 bridgehead atoms. The van der Waals surface area contributed by atoms with Crippen LogP contribution in [0.1, 0.15) is 52.4 Å². The minimum atomic E-state index is 0.0595. The number of hydrogen-bond acceptors (Lipinski definition) is 3. The molecule has 1 aliphatic heterocycles. The molecule has 0 radical (unpaired) electrons. The summed E-state index contributed by atoms with van der Waals surface area (Å²) in [6.07, 6.45) is 4.56. The maximum atomic E-state index is 12.3. The Labute approximate surface area is 122 Å². The van der Waals surface area contributed by atoms with Crippen molar-refractivity contribution in [1.29, 1.82) is 0 Å². The quantitative estimate of drug-likeness (QED) is 0.670. The molecule has 0 aromatic heterocycles. The predicted octanol–water partition coefficient (Wildman–Crippen LogP) is 1.28. The Hall–Kier alpha value is -1.10. The first kappa shape index (κ1) is 17.0. The summed E-state index contributed by atoms with van der Waals surface area (Å²) in [4.78, 5) is 25.8. The molecule has 0 aromatic rings. The van der Waals surface area contributed by atoms with Gasteiger partial charge in [-0.1, -0.05) is 13.8 Å². The highest BCUT2D eigenvalue weighted by molar-refractivity contribution is 5.79. The van der Waals surface area contributed by atoms with E-state index >= 15 is 0 Å². The molecule has 0 aromatic carbocycles. The number of nitrogens with zero attached hydrogens (tertiary/aromatic N) is 1. The van der Waals surface area contributed by atoms with Crippen LogP contribution in [0.5, 0.6) is 0 Å². The van der Waals surface area contributed by atoms with Crippen molar-refractivity contribution in [1.82, 2.24) is 15.5 Å². The van der Waals surface area contributed by atoms with Crippen molar-refractivity contribution < 1.29 is 9.59 Å². The minimum absolute atomic E-state index is 0.0595. The van der Waals surface area contributed by atoms with Gasteiger partial charge in [-0.2, -0.15) is 0 Å². The van der Waals surface area contributed by atoms with E-state index in [0.29, 0.717) is 25.3 Å². The van der Waals surface area contributed by atoms with Crippen LogP contribution in [0, 0.1) is 0 Å². The largest absolute Gasteiger partial charge is 0.356 e. The SMILES string of the molecule is CCCNC(=O)CCCC(=O)N(CCC)C1CCNC1. The van der Waals surface area contributed by atoms with Gasteiger partial charge in [0.15, 0.2) is 0 Å². The van der Waals surface area contributed by atoms with Crippen LogP contribution in [0.4, 0.5) is 0 Å². The van der Waals surface area contributed by atoms with Gasteiger partial charge >= 0.3 is 0 Å². The molecule has 1 atom stereocenters. The average Bonchev–Trinajstić information content (AvgIpc) is 2.96. The molecule has 2 N–H and O–H groups in total. The van der Waals surface area contributed by atoms with Crippen LogP contribution < -0.4 is 10.6 Å². The Morgan fingerprint density at radius 1 is 1.25 bits per heavy atom. The van der Waals surface area contributed by atoms with Gasteiger partial charge in [-0.25, -0.2) is 0 Å². The first-order valence-electron chi connectivity index (χ1n) is 7.95. The van der Waals surface area contributed by atoms with Gasteiger partial charge in [0, 0.05) is 38.5 Å². The number of rotatable bonds is 9. The molecule has 1 fully saturated rings. The first-order chi connectivity index (χ1) is 9.69. The van der Waals surface area contributed by atoms with Crippen LogP contribution in [0.2, 0.25) is 0 Å². The van der Waals surface area contributed by atoms with Crippen molar-refractivity contribution in [2.75, 3.05) is 26.2 Å². The molecule has 5 nitrogen and oxygen atoms in total. The summed E-state index contributed by atoms with van der Waals surface area (Å²) in [5, 5.41) is 6.15. The second kappa shape index (κ2) is 9.75. The maximum Gasteiger partial charge on any atom is 0.222 e. The molecule has 20 heavy (non-hydrogen) atoms. The van der Waals surface area contributed by atoms with E-state index in [4.69, 9.17) is 0 Å². The van der Waals surface area contributed by atoms with Crippen LogP contribution in [0.15, 0.2) is 0 Å². The Bertz CT molecular complexity index is 301. The summed E-state index contributed by atoms with van der Waals surface area (Å²) in [5.41, 5.74) is 0. The third-order valence-electron chi connectivity index (χ3n) is 3.63. The van der Waals surface area contributed by atoms with E-state index in [1.807, 2.05) is 11.8 Å². The summed E-state index contributed by atoms with van der Waals surface area (Å²) in [6.45, 7) is 7.58. The molecule has 2 amide bonds. The molecule has 1 saturated heterocycles. The van der Waals surface area contributed by atoms with E-state index in [1.165, 1.54) is 0 Å². The summed E-state index contributed by atoms with van der Waals surface area (Å²) in [5.74, 6) is 0.257. The molecule has 1 heterocycles. The summed E-state index contributed by atoms with van der Waals surface area (Å²) < 4.78 is 0. The standard InChI is InChI=1S/C15H29N3O2/c1-3-9-17-14(19)6-5-7-15(20)18(11-4-2)13-8-10-16-12-13/h13,16H,3-12H2,1-2H3,(H,17,19). The minimum Gasteiger partial charge on any atom is -0.356 e. The topological polar surface area (TPSA) is 61.4 Å². The molecular weight excluding hydrogens is 254 g/mol. The number of amides is 2. The van der Waals surface area contributed by atoms with E-state index in [1.54, 1.807) is 0 Å².